The van der Waals surface area contributed by atoms with Crippen LogP contribution < -0.4 is 14.2 Å². The molecular weight excluding hydrogens is 380 g/mol. The lowest BCUT2D eigenvalue weighted by Crippen LogP contribution is -2.34. The quantitative estimate of drug-likeness (QED) is 0.659. The molecular formula is C23H28N4O3. The molecule has 5 rings (SSSR count). The van der Waals surface area contributed by atoms with Gasteiger partial charge in [0, 0.05) is 48.8 Å². The van der Waals surface area contributed by atoms with Gasteiger partial charge >= 0.3 is 0 Å². The summed E-state index contributed by atoms with van der Waals surface area (Å²) < 4.78 is 19.0. The number of benzene rings is 1. The lowest BCUT2D eigenvalue weighted by atomic mass is 9.93. The molecule has 1 saturated heterocycles. The van der Waals surface area contributed by atoms with E-state index in [9.17, 15) is 0 Å². The summed E-state index contributed by atoms with van der Waals surface area (Å²) in [7, 11) is 3.68. The first kappa shape index (κ1) is 19.2. The molecule has 2 aliphatic heterocycles. The van der Waals surface area contributed by atoms with Crippen molar-refractivity contribution >= 4 is 11.0 Å². The number of ether oxygens (including phenoxy) is 3. The topological polar surface area (TPSA) is 61.6 Å². The molecule has 0 aliphatic carbocycles. The SMILES string of the molecule is COc1cc2c(cc1CN1CCC[C@@H](c3ccc4c(C)nn(C)c4n3)C1)OCCO2. The average molecular weight is 409 g/mol. The molecule has 2 aliphatic rings. The van der Waals surface area contributed by atoms with Crippen molar-refractivity contribution < 1.29 is 14.2 Å². The van der Waals surface area contributed by atoms with Gasteiger partial charge in [-0.05, 0) is 44.5 Å². The van der Waals surface area contributed by atoms with E-state index in [4.69, 9.17) is 19.2 Å². The fourth-order valence-corrected chi connectivity index (χ4v) is 4.65. The van der Waals surface area contributed by atoms with Crippen molar-refractivity contribution in [2.45, 2.75) is 32.2 Å². The highest BCUT2D eigenvalue weighted by Crippen LogP contribution is 2.38. The molecule has 2 aromatic heterocycles. The number of fused-ring (bicyclic) bond motifs is 2. The Morgan fingerprint density at radius 2 is 1.97 bits per heavy atom. The summed E-state index contributed by atoms with van der Waals surface area (Å²) in [5.74, 6) is 2.85. The van der Waals surface area contributed by atoms with Gasteiger partial charge in [-0.25, -0.2) is 4.98 Å². The molecule has 0 N–H and O–H groups in total. The Morgan fingerprint density at radius 1 is 1.17 bits per heavy atom. The van der Waals surface area contributed by atoms with E-state index in [2.05, 4.69) is 28.2 Å². The zero-order valence-electron chi connectivity index (χ0n) is 17.9. The Bertz CT molecular complexity index is 1080. The lowest BCUT2D eigenvalue weighted by Gasteiger charge is -2.33. The highest BCUT2D eigenvalue weighted by atomic mass is 16.6. The highest BCUT2D eigenvalue weighted by Gasteiger charge is 2.25. The Kier molecular flexibility index (Phi) is 4.98. The fraction of sp³-hybridized carbons (Fsp3) is 0.478. The van der Waals surface area contributed by atoms with Crippen LogP contribution in [0.5, 0.6) is 17.2 Å². The van der Waals surface area contributed by atoms with Crippen molar-refractivity contribution in [3.8, 4) is 17.2 Å². The van der Waals surface area contributed by atoms with Crippen molar-refractivity contribution in [3.63, 3.8) is 0 Å². The van der Waals surface area contributed by atoms with E-state index >= 15 is 0 Å². The van der Waals surface area contributed by atoms with Crippen LogP contribution in [0.1, 0.15) is 35.7 Å². The Balaban J connectivity index is 1.37. The largest absolute Gasteiger partial charge is 0.496 e. The maximum absolute atomic E-state index is 5.78. The van der Waals surface area contributed by atoms with Gasteiger partial charge in [-0.2, -0.15) is 5.10 Å². The third kappa shape index (κ3) is 3.47. The van der Waals surface area contributed by atoms with Crippen LogP contribution in [0, 0.1) is 6.92 Å². The lowest BCUT2D eigenvalue weighted by molar-refractivity contribution is 0.168. The van der Waals surface area contributed by atoms with Crippen LogP contribution in [0.15, 0.2) is 24.3 Å². The average Bonchev–Trinajstić information content (AvgIpc) is 3.06. The van der Waals surface area contributed by atoms with Crippen LogP contribution in [0.3, 0.4) is 0 Å². The molecule has 7 nitrogen and oxygen atoms in total. The number of hydrogen-bond donors (Lipinski definition) is 0. The molecule has 0 amide bonds. The van der Waals surface area contributed by atoms with E-state index in [0.29, 0.717) is 19.1 Å². The number of nitrogens with zero attached hydrogens (tertiary/aromatic N) is 4. The van der Waals surface area contributed by atoms with Crippen LogP contribution >= 0.6 is 0 Å². The summed E-state index contributed by atoms with van der Waals surface area (Å²) >= 11 is 0. The summed E-state index contributed by atoms with van der Waals surface area (Å²) in [5.41, 5.74) is 4.29. The van der Waals surface area contributed by atoms with Gasteiger partial charge in [-0.15, -0.1) is 0 Å². The molecule has 1 fully saturated rings. The van der Waals surface area contributed by atoms with Crippen molar-refractivity contribution in [2.24, 2.45) is 7.05 Å². The standard InChI is InChI=1S/C23H28N4O3/c1-15-18-6-7-19(24-23(18)26(2)25-15)16-5-4-8-27(13-16)14-17-11-21-22(12-20(17)28-3)30-10-9-29-21/h6-7,11-12,16H,4-5,8-10,13-14H2,1-3H3/t16-/m1/s1. The molecule has 1 atom stereocenters. The number of likely N-dealkylation sites (tertiary alicyclic amines) is 1. The van der Waals surface area contributed by atoms with E-state index < -0.39 is 0 Å². The third-order valence-corrected chi connectivity index (χ3v) is 6.16. The number of pyridine rings is 1. The molecule has 0 bridgehead atoms. The maximum atomic E-state index is 5.78. The van der Waals surface area contributed by atoms with Crippen LogP contribution in [0.4, 0.5) is 0 Å². The normalized spacial score (nSPS) is 19.2. The van der Waals surface area contributed by atoms with Crippen molar-refractivity contribution in [1.82, 2.24) is 19.7 Å². The molecule has 1 aromatic carbocycles. The summed E-state index contributed by atoms with van der Waals surface area (Å²) in [6, 6.07) is 8.36. The minimum Gasteiger partial charge on any atom is -0.496 e. The van der Waals surface area contributed by atoms with Crippen LogP contribution in [-0.4, -0.2) is 53.1 Å². The predicted molar refractivity (Wildman–Crippen MR) is 114 cm³/mol. The number of hydrogen-bond acceptors (Lipinski definition) is 6. The molecule has 4 heterocycles. The molecule has 30 heavy (non-hydrogen) atoms. The van der Waals surface area contributed by atoms with E-state index in [-0.39, 0.29) is 0 Å². The summed E-state index contributed by atoms with van der Waals surface area (Å²) in [5, 5.41) is 5.64. The third-order valence-electron chi connectivity index (χ3n) is 6.16. The summed E-state index contributed by atoms with van der Waals surface area (Å²) in [4.78, 5) is 7.45. The van der Waals surface area contributed by atoms with E-state index in [1.54, 1.807) is 7.11 Å². The van der Waals surface area contributed by atoms with Crippen LogP contribution in [0.2, 0.25) is 0 Å². The number of rotatable bonds is 4. The van der Waals surface area contributed by atoms with Gasteiger partial charge < -0.3 is 14.2 Å². The minimum absolute atomic E-state index is 0.418. The van der Waals surface area contributed by atoms with E-state index in [0.717, 1.165) is 77.7 Å². The number of aromatic nitrogens is 3. The molecule has 0 radical (unpaired) electrons. The molecule has 0 spiro atoms. The Labute approximate surface area is 176 Å². The van der Waals surface area contributed by atoms with Crippen molar-refractivity contribution in [1.29, 1.82) is 0 Å². The van der Waals surface area contributed by atoms with Gasteiger partial charge in [-0.1, -0.05) is 0 Å². The zero-order valence-corrected chi connectivity index (χ0v) is 17.9. The van der Waals surface area contributed by atoms with Crippen molar-refractivity contribution in [2.75, 3.05) is 33.4 Å². The van der Waals surface area contributed by atoms with E-state index in [1.165, 1.54) is 0 Å². The summed E-state index contributed by atoms with van der Waals surface area (Å²) in [6.45, 7) is 6.08. The number of methoxy groups -OCH3 is 1. The Hall–Kier alpha value is -2.80. The van der Waals surface area contributed by atoms with Crippen molar-refractivity contribution in [3.05, 3.63) is 41.2 Å². The first-order chi connectivity index (χ1) is 14.6. The fourth-order valence-electron chi connectivity index (χ4n) is 4.65. The van der Waals surface area contributed by atoms with Gasteiger partial charge in [0.1, 0.15) is 19.0 Å². The molecule has 158 valence electrons. The molecule has 7 heteroatoms. The second-order valence-electron chi connectivity index (χ2n) is 8.20. The summed E-state index contributed by atoms with van der Waals surface area (Å²) in [6.07, 6.45) is 2.31. The van der Waals surface area contributed by atoms with Crippen LogP contribution in [0.25, 0.3) is 11.0 Å². The molecule has 3 aromatic rings. The van der Waals surface area contributed by atoms with Gasteiger partial charge in [0.15, 0.2) is 17.1 Å². The second kappa shape index (κ2) is 7.80. The Morgan fingerprint density at radius 3 is 2.77 bits per heavy atom. The van der Waals surface area contributed by atoms with Gasteiger partial charge in [0.05, 0.1) is 12.8 Å². The van der Waals surface area contributed by atoms with E-state index in [1.807, 2.05) is 24.7 Å². The predicted octanol–water partition coefficient (Wildman–Crippen LogP) is 3.44. The monoisotopic (exact) mass is 408 g/mol. The molecule has 0 saturated carbocycles. The number of piperidine rings is 1. The smallest absolute Gasteiger partial charge is 0.165 e. The first-order valence-electron chi connectivity index (χ1n) is 10.6. The maximum Gasteiger partial charge on any atom is 0.165 e. The first-order valence-corrected chi connectivity index (χ1v) is 10.6. The highest BCUT2D eigenvalue weighted by molar-refractivity contribution is 5.78. The number of aryl methyl sites for hydroxylation is 2. The second-order valence-corrected chi connectivity index (χ2v) is 8.20. The van der Waals surface area contributed by atoms with Gasteiger partial charge in [0.2, 0.25) is 0 Å². The van der Waals surface area contributed by atoms with Gasteiger partial charge in [0.25, 0.3) is 0 Å². The van der Waals surface area contributed by atoms with Crippen LogP contribution in [-0.2, 0) is 13.6 Å². The van der Waals surface area contributed by atoms with Gasteiger partial charge in [-0.3, -0.25) is 9.58 Å². The zero-order chi connectivity index (χ0) is 20.7. The molecule has 0 unspecified atom stereocenters. The minimum atomic E-state index is 0.418.